The molecule has 1 aromatic carbocycles. The Kier molecular flexibility index (Phi) is 6.53. The van der Waals surface area contributed by atoms with Crippen molar-refractivity contribution in [3.63, 3.8) is 0 Å². The maximum Gasteiger partial charge on any atom is 0.231 e. The van der Waals surface area contributed by atoms with E-state index >= 15 is 0 Å². The normalized spacial score (nSPS) is 15.1. The molecule has 1 aromatic heterocycles. The van der Waals surface area contributed by atoms with E-state index < -0.39 is 5.54 Å². The van der Waals surface area contributed by atoms with Gasteiger partial charge in [0.25, 0.3) is 0 Å². The van der Waals surface area contributed by atoms with E-state index in [0.717, 1.165) is 37.1 Å². The van der Waals surface area contributed by atoms with Crippen LogP contribution in [0.4, 0.5) is 10.8 Å². The van der Waals surface area contributed by atoms with Gasteiger partial charge < -0.3 is 15.4 Å². The zero-order chi connectivity index (χ0) is 19.1. The minimum absolute atomic E-state index is 0.144. The topological polar surface area (TPSA) is 99.9 Å². The second kappa shape index (κ2) is 9.06. The molecule has 0 aliphatic heterocycles. The first kappa shape index (κ1) is 19.5. The average molecular weight is 404 g/mol. The number of nitrogens with zero attached hydrogens (tertiary/aromatic N) is 3. The molecule has 2 N–H and O–H groups in total. The van der Waals surface area contributed by atoms with E-state index in [4.69, 9.17) is 4.74 Å². The number of para-hydroxylation sites is 2. The number of hydrogen-bond donors (Lipinski definition) is 2. The molecule has 7 nitrogen and oxygen atoms in total. The predicted octanol–water partition coefficient (Wildman–Crippen LogP) is 3.73. The summed E-state index contributed by atoms with van der Waals surface area (Å²) in [4.78, 5) is 12.2. The Bertz CT molecular complexity index is 827. The molecule has 0 spiro atoms. The molecule has 1 heterocycles. The van der Waals surface area contributed by atoms with Crippen molar-refractivity contribution in [2.24, 2.45) is 0 Å². The van der Waals surface area contributed by atoms with E-state index in [1.54, 1.807) is 0 Å². The first-order valence-electron chi connectivity index (χ1n) is 8.81. The van der Waals surface area contributed by atoms with Crippen molar-refractivity contribution in [3.8, 4) is 11.8 Å². The highest BCUT2D eigenvalue weighted by molar-refractivity contribution is 8.01. The van der Waals surface area contributed by atoms with E-state index in [-0.39, 0.29) is 11.7 Å². The number of aromatic nitrogens is 2. The Labute approximate surface area is 166 Å². The van der Waals surface area contributed by atoms with Crippen LogP contribution in [-0.2, 0) is 4.79 Å². The SMILES string of the molecule is CCOc1ccccc1Nc1nnc(SCC(=O)NC2(C#N)CCCC2)s1. The quantitative estimate of drug-likeness (QED) is 0.648. The smallest absolute Gasteiger partial charge is 0.231 e. The van der Waals surface area contributed by atoms with Gasteiger partial charge in [-0.15, -0.1) is 10.2 Å². The van der Waals surface area contributed by atoms with Gasteiger partial charge >= 0.3 is 0 Å². The minimum Gasteiger partial charge on any atom is -0.492 e. The monoisotopic (exact) mass is 403 g/mol. The number of nitrogens with one attached hydrogen (secondary N) is 2. The molecule has 27 heavy (non-hydrogen) atoms. The highest BCUT2D eigenvalue weighted by Crippen LogP contribution is 2.32. The zero-order valence-corrected chi connectivity index (χ0v) is 16.7. The maximum atomic E-state index is 12.2. The molecule has 0 radical (unpaired) electrons. The van der Waals surface area contributed by atoms with Crippen LogP contribution in [0.3, 0.4) is 0 Å². The van der Waals surface area contributed by atoms with E-state index in [1.165, 1.54) is 23.1 Å². The number of nitriles is 1. The highest BCUT2D eigenvalue weighted by atomic mass is 32.2. The van der Waals surface area contributed by atoms with E-state index in [9.17, 15) is 10.1 Å². The largest absolute Gasteiger partial charge is 0.492 e. The number of ether oxygens (including phenoxy) is 1. The summed E-state index contributed by atoms with van der Waals surface area (Å²) in [5, 5.41) is 24.3. The number of benzene rings is 1. The molecule has 2 aromatic rings. The summed E-state index contributed by atoms with van der Waals surface area (Å²) in [6.07, 6.45) is 3.42. The summed E-state index contributed by atoms with van der Waals surface area (Å²) >= 11 is 2.69. The van der Waals surface area contributed by atoms with Crippen molar-refractivity contribution >= 4 is 39.8 Å². The zero-order valence-electron chi connectivity index (χ0n) is 15.0. The second-order valence-electron chi connectivity index (χ2n) is 6.17. The fourth-order valence-electron chi connectivity index (χ4n) is 2.96. The summed E-state index contributed by atoms with van der Waals surface area (Å²) in [6.45, 7) is 2.51. The molecule has 142 valence electrons. The van der Waals surface area contributed by atoms with Gasteiger partial charge in [-0.05, 0) is 44.7 Å². The van der Waals surface area contributed by atoms with Crippen molar-refractivity contribution < 1.29 is 9.53 Å². The van der Waals surface area contributed by atoms with Gasteiger partial charge in [-0.1, -0.05) is 35.2 Å². The molecule has 0 bridgehead atoms. The van der Waals surface area contributed by atoms with Crippen molar-refractivity contribution in [2.45, 2.75) is 42.5 Å². The Morgan fingerprint density at radius 1 is 1.37 bits per heavy atom. The lowest BCUT2D eigenvalue weighted by Crippen LogP contribution is -2.45. The summed E-state index contributed by atoms with van der Waals surface area (Å²) < 4.78 is 6.28. The van der Waals surface area contributed by atoms with Gasteiger partial charge in [0.05, 0.1) is 24.1 Å². The molecule has 9 heteroatoms. The summed E-state index contributed by atoms with van der Waals surface area (Å²) in [5.74, 6) is 0.824. The van der Waals surface area contributed by atoms with Gasteiger partial charge in [0, 0.05) is 0 Å². The summed E-state index contributed by atoms with van der Waals surface area (Å²) in [6, 6.07) is 9.90. The molecule has 0 unspecified atom stereocenters. The Balaban J connectivity index is 1.54. The Morgan fingerprint density at radius 3 is 2.89 bits per heavy atom. The number of anilines is 2. The lowest BCUT2D eigenvalue weighted by atomic mass is 10.0. The molecule has 0 atom stereocenters. The van der Waals surface area contributed by atoms with E-state index in [0.29, 0.717) is 16.1 Å². The van der Waals surface area contributed by atoms with Crippen molar-refractivity contribution in [1.82, 2.24) is 15.5 Å². The predicted molar refractivity (Wildman–Crippen MR) is 106 cm³/mol. The van der Waals surface area contributed by atoms with Crippen LogP contribution in [0.5, 0.6) is 5.75 Å². The molecule has 0 saturated heterocycles. The third-order valence-corrected chi connectivity index (χ3v) is 6.18. The Hall–Kier alpha value is -2.31. The van der Waals surface area contributed by atoms with Crippen LogP contribution in [-0.4, -0.2) is 34.0 Å². The van der Waals surface area contributed by atoms with Gasteiger partial charge in [0.2, 0.25) is 11.0 Å². The Morgan fingerprint density at radius 2 is 2.15 bits per heavy atom. The molecule has 1 aliphatic carbocycles. The first-order valence-corrected chi connectivity index (χ1v) is 10.6. The highest BCUT2D eigenvalue weighted by Gasteiger charge is 2.35. The van der Waals surface area contributed by atoms with Crippen LogP contribution in [0.25, 0.3) is 0 Å². The van der Waals surface area contributed by atoms with Crippen LogP contribution in [0, 0.1) is 11.3 Å². The standard InChI is InChI=1S/C18H21N5O2S2/c1-2-25-14-8-4-3-7-13(14)20-16-22-23-17(27-16)26-11-15(24)21-18(12-19)9-5-6-10-18/h3-4,7-8H,2,5-6,9-11H2,1H3,(H,20,22)(H,21,24). The van der Waals surface area contributed by atoms with Crippen molar-refractivity contribution in [1.29, 1.82) is 5.26 Å². The molecule has 3 rings (SSSR count). The minimum atomic E-state index is -0.686. The average Bonchev–Trinajstić information content (AvgIpc) is 3.32. The third kappa shape index (κ3) is 5.11. The second-order valence-corrected chi connectivity index (χ2v) is 8.37. The molecular weight excluding hydrogens is 382 g/mol. The number of carbonyl (C=O) groups excluding carboxylic acids is 1. The van der Waals surface area contributed by atoms with Crippen LogP contribution in [0.2, 0.25) is 0 Å². The third-order valence-electron chi connectivity index (χ3n) is 4.21. The number of amides is 1. The molecular formula is C18H21N5O2S2. The number of thioether (sulfide) groups is 1. The van der Waals surface area contributed by atoms with Gasteiger partial charge in [-0.3, -0.25) is 4.79 Å². The van der Waals surface area contributed by atoms with Crippen LogP contribution < -0.4 is 15.4 Å². The summed E-state index contributed by atoms with van der Waals surface area (Å²) in [7, 11) is 0. The first-order chi connectivity index (χ1) is 13.1. The van der Waals surface area contributed by atoms with E-state index in [2.05, 4.69) is 26.9 Å². The summed E-state index contributed by atoms with van der Waals surface area (Å²) in [5.41, 5.74) is 0.135. The lowest BCUT2D eigenvalue weighted by molar-refractivity contribution is -0.119. The molecule has 1 amide bonds. The van der Waals surface area contributed by atoms with Gasteiger partial charge in [0.1, 0.15) is 11.3 Å². The van der Waals surface area contributed by atoms with Gasteiger partial charge in [-0.2, -0.15) is 5.26 Å². The fourth-order valence-corrected chi connectivity index (χ4v) is 4.52. The van der Waals surface area contributed by atoms with Crippen molar-refractivity contribution in [2.75, 3.05) is 17.7 Å². The van der Waals surface area contributed by atoms with Crippen molar-refractivity contribution in [3.05, 3.63) is 24.3 Å². The number of carbonyl (C=O) groups is 1. The van der Waals surface area contributed by atoms with Crippen LogP contribution in [0.15, 0.2) is 28.6 Å². The van der Waals surface area contributed by atoms with Crippen LogP contribution >= 0.6 is 23.1 Å². The van der Waals surface area contributed by atoms with E-state index in [1.807, 2.05) is 31.2 Å². The number of rotatable bonds is 8. The molecule has 1 aliphatic rings. The lowest BCUT2D eigenvalue weighted by Gasteiger charge is -2.21. The van der Waals surface area contributed by atoms with Gasteiger partial charge in [0.15, 0.2) is 4.34 Å². The molecule has 1 fully saturated rings. The molecule has 1 saturated carbocycles. The van der Waals surface area contributed by atoms with Gasteiger partial charge in [-0.25, -0.2) is 0 Å². The van der Waals surface area contributed by atoms with Crippen LogP contribution in [0.1, 0.15) is 32.6 Å². The maximum absolute atomic E-state index is 12.2. The fraction of sp³-hybridized carbons (Fsp3) is 0.444. The number of hydrogen-bond acceptors (Lipinski definition) is 8.